The fourth-order valence-electron chi connectivity index (χ4n) is 2.14. The van der Waals surface area contributed by atoms with Crippen LogP contribution < -0.4 is 4.74 Å². The molecule has 1 saturated heterocycles. The van der Waals surface area contributed by atoms with Gasteiger partial charge >= 0.3 is 0 Å². The molecule has 1 unspecified atom stereocenters. The third kappa shape index (κ3) is 3.07. The van der Waals surface area contributed by atoms with Crippen LogP contribution in [0.25, 0.3) is 0 Å². The predicted octanol–water partition coefficient (Wildman–Crippen LogP) is 0.894. The summed E-state index contributed by atoms with van der Waals surface area (Å²) in [5.41, 5.74) is 0. The summed E-state index contributed by atoms with van der Waals surface area (Å²) in [5.74, 6) is -0.483. The Hall–Kier alpha value is -2.11. The Morgan fingerprint density at radius 3 is 2.90 bits per heavy atom. The molecule has 2 rings (SSSR count). The number of benzene rings is 1. The van der Waals surface area contributed by atoms with Gasteiger partial charge in [0.1, 0.15) is 17.6 Å². The quantitative estimate of drug-likeness (QED) is 0.826. The molecule has 6 heteroatoms. The molecule has 1 aliphatic heterocycles. The van der Waals surface area contributed by atoms with Gasteiger partial charge in [0.15, 0.2) is 6.61 Å². The summed E-state index contributed by atoms with van der Waals surface area (Å²) in [6.07, 6.45) is 0. The lowest BCUT2D eigenvalue weighted by atomic mass is 10.2. The van der Waals surface area contributed by atoms with Crippen molar-refractivity contribution in [2.24, 2.45) is 0 Å². The second kappa shape index (κ2) is 5.90. The van der Waals surface area contributed by atoms with Gasteiger partial charge in [-0.25, -0.2) is 4.39 Å². The molecule has 0 saturated carbocycles. The zero-order valence-electron chi connectivity index (χ0n) is 11.5. The topological polar surface area (TPSA) is 49.9 Å². The Morgan fingerprint density at radius 2 is 2.20 bits per heavy atom. The van der Waals surface area contributed by atoms with Crippen molar-refractivity contribution in [3.8, 4) is 5.75 Å². The maximum Gasteiger partial charge on any atom is 0.261 e. The fraction of sp³-hybridized carbons (Fsp3) is 0.429. The van der Waals surface area contributed by atoms with E-state index in [1.807, 2.05) is 0 Å². The second-order valence-corrected chi connectivity index (χ2v) is 4.77. The summed E-state index contributed by atoms with van der Waals surface area (Å²) < 4.78 is 18.2. The maximum absolute atomic E-state index is 13.0. The van der Waals surface area contributed by atoms with Crippen LogP contribution in [0.5, 0.6) is 5.75 Å². The van der Waals surface area contributed by atoms with Gasteiger partial charge in [-0.2, -0.15) is 0 Å². The molecule has 1 aliphatic rings. The van der Waals surface area contributed by atoms with Crippen LogP contribution in [0.4, 0.5) is 4.39 Å². The first-order valence-corrected chi connectivity index (χ1v) is 6.42. The van der Waals surface area contributed by atoms with E-state index in [2.05, 4.69) is 0 Å². The first-order valence-electron chi connectivity index (χ1n) is 6.42. The average Bonchev–Trinajstić information content (AvgIpc) is 2.42. The normalized spacial score (nSPS) is 19.1. The van der Waals surface area contributed by atoms with Gasteiger partial charge in [0.05, 0.1) is 0 Å². The number of carbonyl (C=O) groups excluding carboxylic acids is 2. The monoisotopic (exact) mass is 280 g/mol. The highest BCUT2D eigenvalue weighted by atomic mass is 19.1. The summed E-state index contributed by atoms with van der Waals surface area (Å²) in [6, 6.07) is 5.12. The van der Waals surface area contributed by atoms with E-state index in [0.29, 0.717) is 18.8 Å². The molecular formula is C14H17FN2O3. The lowest BCUT2D eigenvalue weighted by Gasteiger charge is -2.37. The number of carbonyl (C=O) groups is 2. The lowest BCUT2D eigenvalue weighted by Crippen LogP contribution is -2.57. The molecule has 1 atom stereocenters. The van der Waals surface area contributed by atoms with E-state index in [-0.39, 0.29) is 18.4 Å². The van der Waals surface area contributed by atoms with Gasteiger partial charge in [-0.15, -0.1) is 0 Å². The Labute approximate surface area is 116 Å². The van der Waals surface area contributed by atoms with Gasteiger partial charge in [-0.3, -0.25) is 9.59 Å². The van der Waals surface area contributed by atoms with Gasteiger partial charge in [0, 0.05) is 26.2 Å². The van der Waals surface area contributed by atoms with E-state index in [0.717, 1.165) is 0 Å². The van der Waals surface area contributed by atoms with Crippen molar-refractivity contribution in [2.45, 2.75) is 13.0 Å². The van der Waals surface area contributed by atoms with Crippen LogP contribution in [0.3, 0.4) is 0 Å². The summed E-state index contributed by atoms with van der Waals surface area (Å²) >= 11 is 0. The molecule has 20 heavy (non-hydrogen) atoms. The molecule has 2 amide bonds. The lowest BCUT2D eigenvalue weighted by molar-refractivity contribution is -0.150. The first kappa shape index (κ1) is 14.3. The SMILES string of the molecule is CC1C(=O)N(C)CCN1C(=O)COc1cccc(F)c1. The second-order valence-electron chi connectivity index (χ2n) is 4.77. The van der Waals surface area contributed by atoms with Crippen LogP contribution in [0.1, 0.15) is 6.92 Å². The number of likely N-dealkylation sites (N-methyl/N-ethyl adjacent to an activating group) is 1. The molecule has 1 aromatic rings. The minimum atomic E-state index is -0.489. The number of piperazine rings is 1. The van der Waals surface area contributed by atoms with E-state index in [1.54, 1.807) is 24.9 Å². The van der Waals surface area contributed by atoms with Crippen LogP contribution in [0, 0.1) is 5.82 Å². The molecule has 0 bridgehead atoms. The number of ether oxygens (including phenoxy) is 1. The minimum absolute atomic E-state index is 0.0876. The standard InChI is InChI=1S/C14H17FN2O3/c1-10-14(19)16(2)6-7-17(10)13(18)9-20-12-5-3-4-11(15)8-12/h3-5,8,10H,6-7,9H2,1-2H3. The van der Waals surface area contributed by atoms with E-state index in [4.69, 9.17) is 4.74 Å². The molecule has 1 aromatic carbocycles. The van der Waals surface area contributed by atoms with Crippen LogP contribution in [0.15, 0.2) is 24.3 Å². The van der Waals surface area contributed by atoms with Crippen LogP contribution in [-0.4, -0.2) is 54.4 Å². The molecule has 0 aromatic heterocycles. The molecule has 0 radical (unpaired) electrons. The van der Waals surface area contributed by atoms with Crippen molar-refractivity contribution in [1.29, 1.82) is 0 Å². The molecule has 0 aliphatic carbocycles. The van der Waals surface area contributed by atoms with Crippen molar-refractivity contribution in [1.82, 2.24) is 9.80 Å². The van der Waals surface area contributed by atoms with Crippen molar-refractivity contribution in [3.05, 3.63) is 30.1 Å². The zero-order valence-corrected chi connectivity index (χ0v) is 11.5. The molecular weight excluding hydrogens is 263 g/mol. The van der Waals surface area contributed by atoms with Gasteiger partial charge in [0.2, 0.25) is 5.91 Å². The van der Waals surface area contributed by atoms with Crippen molar-refractivity contribution < 1.29 is 18.7 Å². The predicted molar refractivity (Wildman–Crippen MR) is 70.7 cm³/mol. The molecule has 1 heterocycles. The van der Waals surface area contributed by atoms with E-state index >= 15 is 0 Å². The maximum atomic E-state index is 13.0. The van der Waals surface area contributed by atoms with E-state index in [9.17, 15) is 14.0 Å². The number of hydrogen-bond acceptors (Lipinski definition) is 3. The van der Waals surface area contributed by atoms with Gasteiger partial charge < -0.3 is 14.5 Å². The van der Waals surface area contributed by atoms with Crippen molar-refractivity contribution >= 4 is 11.8 Å². The fourth-order valence-corrected chi connectivity index (χ4v) is 2.14. The largest absolute Gasteiger partial charge is 0.484 e. The third-order valence-electron chi connectivity index (χ3n) is 3.36. The van der Waals surface area contributed by atoms with E-state index < -0.39 is 11.9 Å². The Bertz CT molecular complexity index is 521. The summed E-state index contributed by atoms with van der Waals surface area (Å²) in [4.78, 5) is 26.9. The van der Waals surface area contributed by atoms with Crippen LogP contribution >= 0.6 is 0 Å². The number of hydrogen-bond donors (Lipinski definition) is 0. The van der Waals surface area contributed by atoms with Crippen LogP contribution in [-0.2, 0) is 9.59 Å². The molecule has 0 N–H and O–H groups in total. The first-order chi connectivity index (χ1) is 9.49. The van der Waals surface area contributed by atoms with E-state index in [1.165, 1.54) is 23.1 Å². The number of rotatable bonds is 3. The summed E-state index contributed by atoms with van der Waals surface area (Å²) in [6.45, 7) is 2.48. The Kier molecular flexibility index (Phi) is 4.22. The molecule has 0 spiro atoms. The van der Waals surface area contributed by atoms with Gasteiger partial charge in [-0.1, -0.05) is 6.07 Å². The highest BCUT2D eigenvalue weighted by Gasteiger charge is 2.32. The average molecular weight is 280 g/mol. The highest BCUT2D eigenvalue weighted by molar-refractivity contribution is 5.88. The highest BCUT2D eigenvalue weighted by Crippen LogP contribution is 2.14. The van der Waals surface area contributed by atoms with Crippen molar-refractivity contribution in [2.75, 3.05) is 26.7 Å². The zero-order chi connectivity index (χ0) is 14.7. The smallest absolute Gasteiger partial charge is 0.261 e. The number of nitrogens with zero attached hydrogens (tertiary/aromatic N) is 2. The minimum Gasteiger partial charge on any atom is -0.484 e. The molecule has 5 nitrogen and oxygen atoms in total. The summed E-state index contributed by atoms with van der Waals surface area (Å²) in [7, 11) is 1.71. The van der Waals surface area contributed by atoms with Gasteiger partial charge in [-0.05, 0) is 19.1 Å². The third-order valence-corrected chi connectivity index (χ3v) is 3.36. The Balaban J connectivity index is 1.93. The van der Waals surface area contributed by atoms with Gasteiger partial charge in [0.25, 0.3) is 5.91 Å². The number of amides is 2. The Morgan fingerprint density at radius 1 is 1.45 bits per heavy atom. The molecule has 108 valence electrons. The number of halogens is 1. The van der Waals surface area contributed by atoms with Crippen molar-refractivity contribution in [3.63, 3.8) is 0 Å². The molecule has 1 fully saturated rings. The van der Waals surface area contributed by atoms with Crippen LogP contribution in [0.2, 0.25) is 0 Å². The summed E-state index contributed by atoms with van der Waals surface area (Å²) in [5, 5.41) is 0.